The van der Waals surface area contributed by atoms with E-state index in [1.807, 2.05) is 31.4 Å². The molecule has 0 amide bonds. The molecule has 170 valence electrons. The molecule has 4 aromatic rings. The Hall–Kier alpha value is -2.23. The monoisotopic (exact) mass is 501 g/mol. The minimum Gasteiger partial charge on any atom is -0.383 e. The molecule has 0 bridgehead atoms. The number of anilines is 1. The van der Waals surface area contributed by atoms with Gasteiger partial charge in [-0.05, 0) is 44.0 Å². The van der Waals surface area contributed by atoms with Crippen LogP contribution in [0.1, 0.15) is 37.8 Å². The predicted octanol–water partition coefficient (Wildman–Crippen LogP) is 5.69. The lowest BCUT2D eigenvalue weighted by atomic mass is 9.95. The van der Waals surface area contributed by atoms with Crippen LogP contribution in [0.5, 0.6) is 0 Å². The standard InChI is InChI=1S/C23H21Cl2N5O2S/c1-23(2)31-18-14(11-5-12(24)7-13(25)6-11)8-16(19(18)32-23)30-9-15(22-27-3-4-33-22)17-20(26)28-10-29-21(17)30/h3-7,9-10,14,16,18-19H,8H2,1-2H3,(H2,26,28,29)/t14-,16-,18-,19+/m1/s1. The molecule has 2 aliphatic rings. The molecular formula is C23H21Cl2N5O2S. The third-order valence-corrected chi connectivity index (χ3v) is 7.65. The summed E-state index contributed by atoms with van der Waals surface area (Å²) >= 11 is 14.2. The number of aromatic nitrogens is 4. The Labute approximate surface area is 204 Å². The Bertz CT molecular complexity index is 1340. The van der Waals surface area contributed by atoms with Crippen LogP contribution in [-0.2, 0) is 9.47 Å². The van der Waals surface area contributed by atoms with Crippen molar-refractivity contribution in [3.63, 3.8) is 0 Å². The number of nitrogens with zero attached hydrogens (tertiary/aromatic N) is 4. The molecule has 1 aliphatic carbocycles. The number of hydrogen-bond donors (Lipinski definition) is 1. The summed E-state index contributed by atoms with van der Waals surface area (Å²) in [5.41, 5.74) is 9.02. The van der Waals surface area contributed by atoms with Crippen LogP contribution in [0.15, 0.2) is 42.3 Å². The number of thiazole rings is 1. The van der Waals surface area contributed by atoms with Gasteiger partial charge in [0.25, 0.3) is 0 Å². The molecular weight excluding hydrogens is 481 g/mol. The van der Waals surface area contributed by atoms with Gasteiger partial charge in [-0.2, -0.15) is 0 Å². The van der Waals surface area contributed by atoms with E-state index < -0.39 is 5.79 Å². The Balaban J connectivity index is 1.50. The van der Waals surface area contributed by atoms with E-state index in [0.717, 1.165) is 33.6 Å². The maximum Gasteiger partial charge on any atom is 0.163 e. The molecule has 1 saturated heterocycles. The van der Waals surface area contributed by atoms with Crippen LogP contribution in [0, 0.1) is 0 Å². The third kappa shape index (κ3) is 3.52. The number of nitrogens with two attached hydrogens (primary N) is 1. The summed E-state index contributed by atoms with van der Waals surface area (Å²) in [6.07, 6.45) is 5.78. The maximum atomic E-state index is 6.43. The van der Waals surface area contributed by atoms with E-state index >= 15 is 0 Å². The van der Waals surface area contributed by atoms with Gasteiger partial charge in [-0.25, -0.2) is 15.0 Å². The lowest BCUT2D eigenvalue weighted by molar-refractivity contribution is -0.157. The van der Waals surface area contributed by atoms with Crippen LogP contribution >= 0.6 is 34.5 Å². The zero-order valence-electron chi connectivity index (χ0n) is 17.9. The van der Waals surface area contributed by atoms with Crippen molar-refractivity contribution in [2.75, 3.05) is 5.73 Å². The van der Waals surface area contributed by atoms with Crippen LogP contribution in [0.4, 0.5) is 5.82 Å². The zero-order valence-corrected chi connectivity index (χ0v) is 20.2. The first-order chi connectivity index (χ1) is 15.8. The van der Waals surface area contributed by atoms with E-state index in [1.54, 1.807) is 23.6 Å². The van der Waals surface area contributed by atoms with E-state index in [2.05, 4.69) is 25.7 Å². The van der Waals surface area contributed by atoms with E-state index in [4.69, 9.17) is 38.4 Å². The predicted molar refractivity (Wildman–Crippen MR) is 130 cm³/mol. The summed E-state index contributed by atoms with van der Waals surface area (Å²) in [5.74, 6) is -0.220. The molecule has 10 heteroatoms. The molecule has 1 aliphatic heterocycles. The van der Waals surface area contributed by atoms with E-state index in [0.29, 0.717) is 15.9 Å². The summed E-state index contributed by atoms with van der Waals surface area (Å²) < 4.78 is 15.0. The summed E-state index contributed by atoms with van der Waals surface area (Å²) in [7, 11) is 0. The molecule has 33 heavy (non-hydrogen) atoms. The van der Waals surface area contributed by atoms with Crippen molar-refractivity contribution >= 4 is 51.4 Å². The van der Waals surface area contributed by atoms with Crippen LogP contribution in [0.3, 0.4) is 0 Å². The number of hydrogen-bond acceptors (Lipinski definition) is 7. The summed E-state index contributed by atoms with van der Waals surface area (Å²) in [6, 6.07) is 5.62. The molecule has 3 aromatic heterocycles. The van der Waals surface area contributed by atoms with E-state index in [9.17, 15) is 0 Å². The third-order valence-electron chi connectivity index (χ3n) is 6.41. The van der Waals surface area contributed by atoms with Crippen molar-refractivity contribution in [1.82, 2.24) is 19.5 Å². The average molecular weight is 502 g/mol. The fourth-order valence-electron chi connectivity index (χ4n) is 5.22. The fourth-order valence-corrected chi connectivity index (χ4v) is 6.42. The SMILES string of the molecule is CC1(C)O[C@@H]2[C@H](O1)[C@@H](c1cc(Cl)cc(Cl)c1)C[C@H]2n1cc(-c2nccs2)c2c(N)ncnc21. The number of ether oxygens (including phenoxy) is 2. The largest absolute Gasteiger partial charge is 0.383 e. The van der Waals surface area contributed by atoms with Gasteiger partial charge in [-0.1, -0.05) is 23.2 Å². The normalized spacial score (nSPS) is 26.2. The molecule has 0 radical (unpaired) electrons. The number of nitrogen functional groups attached to an aromatic ring is 1. The molecule has 0 spiro atoms. The number of rotatable bonds is 3. The van der Waals surface area contributed by atoms with Gasteiger partial charge in [0.05, 0.1) is 17.5 Å². The van der Waals surface area contributed by atoms with Gasteiger partial charge in [0.1, 0.15) is 28.9 Å². The van der Waals surface area contributed by atoms with Crippen molar-refractivity contribution in [2.24, 2.45) is 0 Å². The number of halogens is 2. The first-order valence-electron chi connectivity index (χ1n) is 10.6. The second kappa shape index (κ2) is 7.65. The van der Waals surface area contributed by atoms with E-state index in [-0.39, 0.29) is 24.2 Å². The first-order valence-corrected chi connectivity index (χ1v) is 12.3. The zero-order chi connectivity index (χ0) is 22.9. The maximum absolute atomic E-state index is 6.43. The van der Waals surface area contributed by atoms with Gasteiger partial charge >= 0.3 is 0 Å². The van der Waals surface area contributed by atoms with Gasteiger partial charge in [-0.3, -0.25) is 0 Å². The highest BCUT2D eigenvalue weighted by atomic mass is 35.5. The van der Waals surface area contributed by atoms with Crippen molar-refractivity contribution in [2.45, 2.75) is 50.2 Å². The van der Waals surface area contributed by atoms with Gasteiger partial charge < -0.3 is 19.8 Å². The van der Waals surface area contributed by atoms with Crippen LogP contribution in [0.2, 0.25) is 10.0 Å². The quantitative estimate of drug-likeness (QED) is 0.387. The minimum atomic E-state index is -0.705. The lowest BCUT2D eigenvalue weighted by Gasteiger charge is -2.24. The second-order valence-corrected chi connectivity index (χ2v) is 10.7. The Morgan fingerprint density at radius 1 is 1.09 bits per heavy atom. The number of benzene rings is 1. The van der Waals surface area contributed by atoms with Gasteiger partial charge in [0, 0.05) is 39.3 Å². The molecule has 1 saturated carbocycles. The van der Waals surface area contributed by atoms with E-state index in [1.165, 1.54) is 6.33 Å². The van der Waals surface area contributed by atoms with Crippen molar-refractivity contribution in [1.29, 1.82) is 0 Å². The highest BCUT2D eigenvalue weighted by Gasteiger charge is 2.55. The first kappa shape index (κ1) is 21.3. The topological polar surface area (TPSA) is 88.1 Å². The summed E-state index contributed by atoms with van der Waals surface area (Å²) in [4.78, 5) is 13.3. The Morgan fingerprint density at radius 3 is 2.58 bits per heavy atom. The van der Waals surface area contributed by atoms with Crippen molar-refractivity contribution in [3.05, 3.63) is 57.9 Å². The molecule has 2 N–H and O–H groups in total. The van der Waals surface area contributed by atoms with Crippen LogP contribution < -0.4 is 5.73 Å². The molecule has 6 rings (SSSR count). The minimum absolute atomic E-state index is 0.0370. The molecule has 7 nitrogen and oxygen atoms in total. The highest BCUT2D eigenvalue weighted by Crippen LogP contribution is 2.52. The second-order valence-electron chi connectivity index (χ2n) is 8.92. The molecule has 0 unspecified atom stereocenters. The van der Waals surface area contributed by atoms with Gasteiger partial charge in [-0.15, -0.1) is 11.3 Å². The van der Waals surface area contributed by atoms with Crippen molar-refractivity contribution < 1.29 is 9.47 Å². The van der Waals surface area contributed by atoms with Crippen molar-refractivity contribution in [3.8, 4) is 10.6 Å². The van der Waals surface area contributed by atoms with Crippen LogP contribution in [0.25, 0.3) is 21.6 Å². The highest BCUT2D eigenvalue weighted by molar-refractivity contribution is 7.13. The Kier molecular flexibility index (Phi) is 4.94. The average Bonchev–Trinajstić information content (AvgIpc) is 3.49. The smallest absolute Gasteiger partial charge is 0.163 e. The molecule has 4 atom stereocenters. The lowest BCUT2D eigenvalue weighted by Crippen LogP contribution is -2.27. The molecule has 4 heterocycles. The Morgan fingerprint density at radius 2 is 1.85 bits per heavy atom. The number of fused-ring (bicyclic) bond motifs is 2. The van der Waals surface area contributed by atoms with Gasteiger partial charge in [0.15, 0.2) is 5.79 Å². The molecule has 2 fully saturated rings. The summed E-state index contributed by atoms with van der Waals surface area (Å²) in [6.45, 7) is 3.89. The molecule has 1 aromatic carbocycles. The van der Waals surface area contributed by atoms with Crippen LogP contribution in [-0.4, -0.2) is 37.5 Å². The summed E-state index contributed by atoms with van der Waals surface area (Å²) in [5, 5.41) is 4.83. The fraction of sp³-hybridized carbons (Fsp3) is 0.348. The van der Waals surface area contributed by atoms with Gasteiger partial charge in [0.2, 0.25) is 0 Å².